The first-order valence-corrected chi connectivity index (χ1v) is 13.1. The van der Waals surface area contributed by atoms with Crippen LogP contribution < -0.4 is 0 Å². The minimum Gasteiger partial charge on any atom is -0.468 e. The number of nitrogens with zero attached hydrogens (tertiary/aromatic N) is 1. The molecule has 1 heterocycles. The number of esters is 3. The van der Waals surface area contributed by atoms with Gasteiger partial charge in [0.05, 0.1) is 26.4 Å². The molecule has 0 aromatic heterocycles. The zero-order valence-corrected chi connectivity index (χ0v) is 23.4. The van der Waals surface area contributed by atoms with E-state index in [2.05, 4.69) is 27.7 Å². The lowest BCUT2D eigenvalue weighted by Gasteiger charge is -2.58. The molecular weight excluding hydrogens is 466 g/mol. The van der Waals surface area contributed by atoms with E-state index < -0.39 is 53.2 Å². The predicted molar refractivity (Wildman–Crippen MR) is 136 cm³/mol. The van der Waals surface area contributed by atoms with Gasteiger partial charge in [0.1, 0.15) is 6.10 Å². The molecular formula is C27H47NO8. The topological polar surface area (TPSA) is 112 Å². The zero-order valence-electron chi connectivity index (χ0n) is 23.4. The van der Waals surface area contributed by atoms with Crippen LogP contribution in [0, 0.1) is 5.92 Å². The Morgan fingerprint density at radius 3 is 1.78 bits per heavy atom. The molecule has 0 spiro atoms. The lowest BCUT2D eigenvalue weighted by atomic mass is 9.72. The van der Waals surface area contributed by atoms with Crippen molar-refractivity contribution in [2.45, 2.75) is 122 Å². The summed E-state index contributed by atoms with van der Waals surface area (Å²) >= 11 is 0. The summed E-state index contributed by atoms with van der Waals surface area (Å²) in [5.74, 6) is -3.06. The number of carbonyl (C=O) groups is 3. The Morgan fingerprint density at radius 2 is 1.42 bits per heavy atom. The summed E-state index contributed by atoms with van der Waals surface area (Å²) in [5.41, 5.74) is -0.878. The lowest BCUT2D eigenvalue weighted by Crippen LogP contribution is -2.66. The molecule has 36 heavy (non-hydrogen) atoms. The average Bonchev–Trinajstić information content (AvgIpc) is 2.86. The van der Waals surface area contributed by atoms with E-state index in [0.717, 1.165) is 25.7 Å². The van der Waals surface area contributed by atoms with Crippen LogP contribution in [0.25, 0.3) is 0 Å². The summed E-state index contributed by atoms with van der Waals surface area (Å²) in [5, 5.41) is 12.9. The van der Waals surface area contributed by atoms with Crippen LogP contribution in [0.3, 0.4) is 0 Å². The van der Waals surface area contributed by atoms with Gasteiger partial charge in [0.25, 0.3) is 0 Å². The van der Waals surface area contributed by atoms with Gasteiger partial charge < -0.3 is 19.3 Å². The number of methoxy groups -OCH3 is 2. The molecule has 1 saturated heterocycles. The van der Waals surface area contributed by atoms with E-state index in [1.165, 1.54) is 21.1 Å². The summed E-state index contributed by atoms with van der Waals surface area (Å²) in [6.07, 6.45) is 6.07. The number of hydrogen-bond donors (Lipinski definition) is 1. The van der Waals surface area contributed by atoms with Crippen LogP contribution >= 0.6 is 0 Å². The van der Waals surface area contributed by atoms with Crippen molar-refractivity contribution in [2.75, 3.05) is 14.2 Å². The van der Waals surface area contributed by atoms with Crippen LogP contribution in [0.1, 0.15) is 92.9 Å². The first kappa shape index (κ1) is 32.1. The smallest absolute Gasteiger partial charge is 0.320 e. The van der Waals surface area contributed by atoms with Crippen molar-refractivity contribution >= 4 is 17.9 Å². The molecule has 1 rings (SSSR count). The van der Waals surface area contributed by atoms with Gasteiger partial charge in [-0.05, 0) is 57.9 Å². The fourth-order valence-corrected chi connectivity index (χ4v) is 5.51. The molecule has 2 unspecified atom stereocenters. The third kappa shape index (κ3) is 7.76. The highest BCUT2D eigenvalue weighted by molar-refractivity contribution is 5.94. The minimum atomic E-state index is -1.20. The standard InChI is InChI=1S/C27H47NO8/c1-9-14-21(35-19(6)29)15-22(16-23(24(31)33-7)25(32)34-8)36-28-26(10-2,11-3)17-20(30)18-27(28,12-4)13-5/h9,14,20-23,30H,10-13,15-18H2,1-8H3/b14-9+. The number of aliphatic hydroxyl groups is 1. The molecule has 0 bridgehead atoms. The van der Waals surface area contributed by atoms with Crippen LogP contribution in [0.15, 0.2) is 12.2 Å². The number of allylic oxidation sites excluding steroid dienone is 1. The first-order valence-electron chi connectivity index (χ1n) is 13.1. The molecule has 1 aliphatic rings. The number of hydroxylamine groups is 2. The molecule has 1 fully saturated rings. The Kier molecular flexibility index (Phi) is 13.1. The highest BCUT2D eigenvalue weighted by Gasteiger charge is 2.53. The number of carbonyl (C=O) groups excluding carboxylic acids is 3. The Hall–Kier alpha value is -1.97. The number of rotatable bonds is 14. The van der Waals surface area contributed by atoms with Crippen molar-refractivity contribution in [3.8, 4) is 0 Å². The molecule has 9 nitrogen and oxygen atoms in total. The zero-order chi connectivity index (χ0) is 27.5. The van der Waals surface area contributed by atoms with Gasteiger partial charge in [-0.1, -0.05) is 33.8 Å². The van der Waals surface area contributed by atoms with Crippen LogP contribution in [0.2, 0.25) is 0 Å². The fourth-order valence-electron chi connectivity index (χ4n) is 5.51. The van der Waals surface area contributed by atoms with E-state index in [1.54, 1.807) is 12.2 Å². The van der Waals surface area contributed by atoms with E-state index in [9.17, 15) is 19.5 Å². The van der Waals surface area contributed by atoms with Crippen molar-refractivity contribution in [3.05, 3.63) is 12.2 Å². The normalized spacial score (nSPS) is 19.7. The van der Waals surface area contributed by atoms with E-state index in [0.29, 0.717) is 12.8 Å². The Labute approximate surface area is 216 Å². The van der Waals surface area contributed by atoms with Gasteiger partial charge in [-0.3, -0.25) is 19.2 Å². The molecule has 2 atom stereocenters. The highest BCUT2D eigenvalue weighted by Crippen LogP contribution is 2.47. The molecule has 208 valence electrons. The largest absolute Gasteiger partial charge is 0.468 e. The van der Waals surface area contributed by atoms with Crippen LogP contribution in [-0.2, 0) is 33.4 Å². The summed E-state index contributed by atoms with van der Waals surface area (Å²) in [7, 11) is 2.44. The molecule has 0 radical (unpaired) electrons. The van der Waals surface area contributed by atoms with Gasteiger partial charge in [-0.25, -0.2) is 0 Å². The van der Waals surface area contributed by atoms with Crippen molar-refractivity contribution in [1.29, 1.82) is 0 Å². The van der Waals surface area contributed by atoms with Gasteiger partial charge >= 0.3 is 17.9 Å². The molecule has 0 aromatic carbocycles. The van der Waals surface area contributed by atoms with Crippen molar-refractivity contribution < 1.29 is 38.5 Å². The molecule has 9 heteroatoms. The second-order valence-electron chi connectivity index (χ2n) is 9.69. The maximum absolute atomic E-state index is 12.5. The van der Waals surface area contributed by atoms with Crippen molar-refractivity contribution in [1.82, 2.24) is 5.06 Å². The molecule has 0 saturated carbocycles. The van der Waals surface area contributed by atoms with Gasteiger partial charge in [-0.2, -0.15) is 5.06 Å². The number of aliphatic hydroxyl groups excluding tert-OH is 1. The maximum atomic E-state index is 12.5. The highest BCUT2D eigenvalue weighted by atomic mass is 16.7. The van der Waals surface area contributed by atoms with Gasteiger partial charge in [0.15, 0.2) is 5.92 Å². The van der Waals surface area contributed by atoms with Gasteiger partial charge in [-0.15, -0.1) is 0 Å². The van der Waals surface area contributed by atoms with E-state index in [1.807, 2.05) is 12.0 Å². The molecule has 1 aliphatic heterocycles. The van der Waals surface area contributed by atoms with E-state index in [4.69, 9.17) is 19.0 Å². The van der Waals surface area contributed by atoms with E-state index in [-0.39, 0.29) is 12.8 Å². The summed E-state index contributed by atoms with van der Waals surface area (Å²) in [6.45, 7) is 11.5. The second kappa shape index (κ2) is 14.7. The first-order chi connectivity index (χ1) is 17.0. The van der Waals surface area contributed by atoms with E-state index >= 15 is 0 Å². The molecule has 0 amide bonds. The lowest BCUT2D eigenvalue weighted by molar-refractivity contribution is -0.336. The summed E-state index contributed by atoms with van der Waals surface area (Å²) < 4.78 is 15.3. The van der Waals surface area contributed by atoms with Gasteiger partial charge in [0.2, 0.25) is 0 Å². The Balaban J connectivity index is 3.56. The molecule has 0 aromatic rings. The SMILES string of the molecule is C/C=C/C(CC(CC(C(=O)OC)C(=O)OC)ON1C(CC)(CC)CC(O)CC1(CC)CC)OC(C)=O. The van der Waals surface area contributed by atoms with Crippen molar-refractivity contribution in [3.63, 3.8) is 0 Å². The average molecular weight is 514 g/mol. The third-order valence-corrected chi connectivity index (χ3v) is 7.67. The summed E-state index contributed by atoms with van der Waals surface area (Å²) in [4.78, 5) is 43.6. The summed E-state index contributed by atoms with van der Waals surface area (Å²) in [6, 6.07) is 0. The molecule has 1 N–H and O–H groups in total. The third-order valence-electron chi connectivity index (χ3n) is 7.67. The van der Waals surface area contributed by atoms with Crippen molar-refractivity contribution in [2.24, 2.45) is 5.92 Å². The number of piperidine rings is 1. The number of ether oxygens (including phenoxy) is 3. The predicted octanol–water partition coefficient (Wildman–Crippen LogP) is 4.11. The van der Waals surface area contributed by atoms with Crippen LogP contribution in [0.5, 0.6) is 0 Å². The van der Waals surface area contributed by atoms with Crippen LogP contribution in [-0.4, -0.2) is 71.7 Å². The maximum Gasteiger partial charge on any atom is 0.320 e. The van der Waals surface area contributed by atoms with Gasteiger partial charge in [0, 0.05) is 24.4 Å². The van der Waals surface area contributed by atoms with Crippen LogP contribution in [0.4, 0.5) is 0 Å². The Morgan fingerprint density at radius 1 is 0.944 bits per heavy atom. The second-order valence-corrected chi connectivity index (χ2v) is 9.69. The number of hydrogen-bond acceptors (Lipinski definition) is 9. The minimum absolute atomic E-state index is 0.0132. The fraction of sp³-hybridized carbons (Fsp3) is 0.815. The quantitative estimate of drug-likeness (QED) is 0.159. The molecule has 0 aliphatic carbocycles. The monoisotopic (exact) mass is 513 g/mol. The Bertz CT molecular complexity index is 706.